The van der Waals surface area contributed by atoms with E-state index in [1.165, 1.54) is 42.2 Å². The molecule has 1 N–H and O–H groups in total. The third-order valence-electron chi connectivity index (χ3n) is 7.54. The van der Waals surface area contributed by atoms with Crippen LogP contribution in [0.15, 0.2) is 86.8 Å². The van der Waals surface area contributed by atoms with Crippen LogP contribution in [0, 0.1) is 0 Å². The Kier molecular flexibility index (Phi) is 9.71. The van der Waals surface area contributed by atoms with Crippen molar-refractivity contribution in [2.75, 3.05) is 25.7 Å². The van der Waals surface area contributed by atoms with Crippen molar-refractivity contribution < 1.29 is 33.3 Å². The highest BCUT2D eigenvalue weighted by Gasteiger charge is 2.47. The van der Waals surface area contributed by atoms with Gasteiger partial charge in [-0.15, -0.1) is 10.2 Å². The van der Waals surface area contributed by atoms with E-state index in [4.69, 9.17) is 30.2 Å². The summed E-state index contributed by atoms with van der Waals surface area (Å²) in [5, 5.41) is 21.4. The lowest BCUT2D eigenvalue weighted by Gasteiger charge is -2.24. The van der Waals surface area contributed by atoms with Crippen LogP contribution < -0.4 is 19.1 Å². The van der Waals surface area contributed by atoms with Crippen LogP contribution in [0.3, 0.4) is 0 Å². The molecule has 6 rings (SSSR count). The second-order valence-corrected chi connectivity index (χ2v) is 13.2. The summed E-state index contributed by atoms with van der Waals surface area (Å²) in [6.45, 7) is 2.57. The molecule has 1 amide bonds. The van der Waals surface area contributed by atoms with Crippen LogP contribution in [-0.4, -0.2) is 47.8 Å². The van der Waals surface area contributed by atoms with Gasteiger partial charge < -0.3 is 23.7 Å². The Balaban J connectivity index is 1.39. The van der Waals surface area contributed by atoms with E-state index < -0.39 is 23.5 Å². The number of hydrogen-bond donors (Lipinski definition) is 1. The number of fused-ring (bicyclic) bond motifs is 1. The monoisotopic (exact) mass is 691 g/mol. The third kappa shape index (κ3) is 6.53. The Morgan fingerprint density at radius 3 is 2.57 bits per heavy atom. The highest BCUT2D eigenvalue weighted by atomic mass is 35.5. The van der Waals surface area contributed by atoms with E-state index in [2.05, 4.69) is 17.1 Å². The second-order valence-electron chi connectivity index (χ2n) is 10.5. The molecule has 3 aromatic carbocycles. The van der Waals surface area contributed by atoms with E-state index in [-0.39, 0.29) is 16.5 Å². The minimum absolute atomic E-state index is 0.0614. The van der Waals surface area contributed by atoms with Gasteiger partial charge in [-0.2, -0.15) is 0 Å². The average molecular weight is 692 g/mol. The number of nitrogens with zero attached hydrogens (tertiary/aromatic N) is 3. The van der Waals surface area contributed by atoms with Crippen molar-refractivity contribution in [2.24, 2.45) is 0 Å². The first-order valence-corrected chi connectivity index (χ1v) is 16.9. The summed E-state index contributed by atoms with van der Waals surface area (Å²) in [6.07, 6.45) is 1.83. The minimum Gasteiger partial charge on any atom is -0.503 e. The molecule has 10 nitrogen and oxygen atoms in total. The van der Waals surface area contributed by atoms with E-state index in [1.807, 2.05) is 24.3 Å². The quantitative estimate of drug-likeness (QED) is 0.0559. The lowest BCUT2D eigenvalue weighted by atomic mass is 9.95. The van der Waals surface area contributed by atoms with Crippen molar-refractivity contribution in [3.8, 4) is 17.2 Å². The zero-order valence-electron chi connectivity index (χ0n) is 25.7. The van der Waals surface area contributed by atoms with Crippen LogP contribution in [0.5, 0.6) is 17.2 Å². The first kappa shape index (κ1) is 32.4. The second kappa shape index (κ2) is 14.1. The molecule has 242 valence electrons. The van der Waals surface area contributed by atoms with Gasteiger partial charge in [-0.3, -0.25) is 14.5 Å². The largest absolute Gasteiger partial charge is 0.503 e. The van der Waals surface area contributed by atoms with Gasteiger partial charge in [0.2, 0.25) is 10.9 Å². The predicted octanol–water partition coefficient (Wildman–Crippen LogP) is 8.21. The number of aliphatic hydroxyl groups is 1. The molecule has 0 spiro atoms. The van der Waals surface area contributed by atoms with E-state index in [0.717, 1.165) is 18.4 Å². The number of aliphatic hydroxyl groups excluding tert-OH is 1. The molecule has 0 aliphatic carbocycles. The number of halogens is 1. The van der Waals surface area contributed by atoms with Crippen LogP contribution in [0.2, 0.25) is 5.02 Å². The van der Waals surface area contributed by atoms with Crippen LogP contribution >= 0.6 is 34.7 Å². The number of carbonyl (C=O) groups excluding carboxylic acids is 2. The summed E-state index contributed by atoms with van der Waals surface area (Å²) in [4.78, 5) is 29.3. The van der Waals surface area contributed by atoms with Crippen LogP contribution in [0.1, 0.15) is 47.5 Å². The van der Waals surface area contributed by atoms with Gasteiger partial charge in [-0.1, -0.05) is 78.4 Å². The summed E-state index contributed by atoms with van der Waals surface area (Å²) >= 11 is 8.64. The number of carbonyl (C=O) groups is 2. The number of methoxy groups -OCH3 is 2. The van der Waals surface area contributed by atoms with Crippen LogP contribution in [0.25, 0.3) is 11.0 Å². The summed E-state index contributed by atoms with van der Waals surface area (Å²) in [5.41, 5.74) is 1.73. The number of aromatic nitrogens is 2. The number of thioether (sulfide) groups is 1. The fourth-order valence-electron chi connectivity index (χ4n) is 5.18. The minimum atomic E-state index is -1.08. The number of Topliss-reactive ketones (excluding diaryl/α,β-unsaturated/α-hetero) is 1. The Bertz CT molecular complexity index is 1970. The average Bonchev–Trinajstić information content (AvgIpc) is 3.80. The number of anilines is 1. The topological polar surface area (TPSA) is 124 Å². The van der Waals surface area contributed by atoms with Gasteiger partial charge in [-0.25, -0.2) is 0 Å². The van der Waals surface area contributed by atoms with Crippen molar-refractivity contribution in [3.05, 3.63) is 100.0 Å². The number of benzene rings is 3. The fourth-order valence-corrected chi connectivity index (χ4v) is 7.12. The molecular formula is C34H30ClN3O7S2. The van der Waals surface area contributed by atoms with Crippen molar-refractivity contribution in [1.82, 2.24) is 10.2 Å². The number of furan rings is 1. The maximum Gasteiger partial charge on any atom is 0.296 e. The molecule has 0 saturated heterocycles. The molecule has 3 heterocycles. The number of hydrogen-bond acceptors (Lipinski definition) is 11. The van der Waals surface area contributed by atoms with Gasteiger partial charge in [0, 0.05) is 16.2 Å². The fraction of sp³-hybridized carbons (Fsp3) is 0.235. The molecule has 1 aliphatic heterocycles. The highest BCUT2D eigenvalue weighted by Crippen LogP contribution is 2.46. The number of rotatable bonds is 13. The molecule has 2 aromatic heterocycles. The number of unbranched alkanes of at least 4 members (excludes halogenated alkanes) is 1. The first-order valence-electron chi connectivity index (χ1n) is 14.7. The molecule has 0 saturated carbocycles. The van der Waals surface area contributed by atoms with Crippen LogP contribution in [0.4, 0.5) is 5.13 Å². The van der Waals surface area contributed by atoms with Gasteiger partial charge >= 0.3 is 0 Å². The zero-order chi connectivity index (χ0) is 33.1. The number of ketones is 1. The lowest BCUT2D eigenvalue weighted by Crippen LogP contribution is -2.31. The molecule has 1 atom stereocenters. The molecule has 0 radical (unpaired) electrons. The normalized spacial score (nSPS) is 14.7. The lowest BCUT2D eigenvalue weighted by molar-refractivity contribution is -0.117. The maximum absolute atomic E-state index is 14.2. The molecule has 1 unspecified atom stereocenters. The van der Waals surface area contributed by atoms with Crippen molar-refractivity contribution >= 4 is 62.5 Å². The van der Waals surface area contributed by atoms with Crippen molar-refractivity contribution in [1.29, 1.82) is 0 Å². The predicted molar refractivity (Wildman–Crippen MR) is 181 cm³/mol. The van der Waals surface area contributed by atoms with Crippen LogP contribution in [-0.2, 0) is 10.5 Å². The Labute approximate surface area is 283 Å². The smallest absolute Gasteiger partial charge is 0.296 e. The molecule has 0 bridgehead atoms. The molecular weight excluding hydrogens is 662 g/mol. The van der Waals surface area contributed by atoms with Crippen molar-refractivity contribution in [2.45, 2.75) is 35.9 Å². The molecule has 47 heavy (non-hydrogen) atoms. The zero-order valence-corrected chi connectivity index (χ0v) is 28.1. The van der Waals surface area contributed by atoms with Gasteiger partial charge in [-0.05, 0) is 53.9 Å². The number of ether oxygens (including phenoxy) is 3. The Hall–Kier alpha value is -4.52. The number of para-hydroxylation sites is 1. The molecule has 0 fully saturated rings. The number of amides is 1. The summed E-state index contributed by atoms with van der Waals surface area (Å²) in [6, 6.07) is 18.4. The van der Waals surface area contributed by atoms with Gasteiger partial charge in [0.1, 0.15) is 0 Å². The van der Waals surface area contributed by atoms with Gasteiger partial charge in [0.05, 0.1) is 32.4 Å². The van der Waals surface area contributed by atoms with Gasteiger partial charge in [0.25, 0.3) is 5.91 Å². The third-order valence-corrected chi connectivity index (χ3v) is 9.92. The van der Waals surface area contributed by atoms with E-state index in [1.54, 1.807) is 42.5 Å². The summed E-state index contributed by atoms with van der Waals surface area (Å²) in [7, 11) is 3.02. The van der Waals surface area contributed by atoms with E-state index >= 15 is 0 Å². The Morgan fingerprint density at radius 1 is 1.04 bits per heavy atom. The highest BCUT2D eigenvalue weighted by molar-refractivity contribution is 8.00. The van der Waals surface area contributed by atoms with Gasteiger partial charge in [0.15, 0.2) is 38.7 Å². The van der Waals surface area contributed by atoms with Crippen molar-refractivity contribution in [3.63, 3.8) is 0 Å². The van der Waals surface area contributed by atoms with E-state index in [9.17, 15) is 14.7 Å². The first-order chi connectivity index (χ1) is 22.8. The maximum atomic E-state index is 14.2. The molecule has 5 aromatic rings. The molecule has 1 aliphatic rings. The molecule has 13 heteroatoms. The summed E-state index contributed by atoms with van der Waals surface area (Å²) in [5.74, 6) is -0.250. The van der Waals surface area contributed by atoms with E-state index in [0.29, 0.717) is 55.5 Å². The standard InChI is InChI=1S/C34H30ClN3O7S2/c1-4-5-15-44-23-14-11-20(16-25(23)43-3)28-27(29(39)26-17-21-7-6-8-24(42-2)31(21)45-26)30(40)32(41)38(28)33-36-37-34(47-33)46-18-19-9-12-22(35)13-10-19/h6-14,16-17,28,40H,4-5,15,18H2,1-3H3. The summed E-state index contributed by atoms with van der Waals surface area (Å²) < 4.78 is 23.5. The Morgan fingerprint density at radius 2 is 1.83 bits per heavy atom. The SMILES string of the molecule is CCCCOc1ccc(C2C(C(=O)c3cc4cccc(OC)c4o3)=C(O)C(=O)N2c2nnc(SCc3ccc(Cl)cc3)s2)cc1OC.